The SMILES string of the molecule is CNC(=O)C1CNCCN1C(=O)c1ccc(I)c(O)c1. The van der Waals surface area contributed by atoms with Crippen LogP contribution in [-0.4, -0.2) is 54.5 Å². The summed E-state index contributed by atoms with van der Waals surface area (Å²) >= 11 is 1.99. The maximum absolute atomic E-state index is 12.5. The molecule has 0 spiro atoms. The topological polar surface area (TPSA) is 81.7 Å². The van der Waals surface area contributed by atoms with Gasteiger partial charge in [-0.15, -0.1) is 0 Å². The molecule has 1 aliphatic heterocycles. The molecule has 20 heavy (non-hydrogen) atoms. The number of phenolic OH excluding ortho intramolecular Hbond substituents is 1. The van der Waals surface area contributed by atoms with E-state index in [0.717, 1.165) is 0 Å². The molecule has 1 aromatic carbocycles. The molecular formula is C13H16IN3O3. The van der Waals surface area contributed by atoms with Gasteiger partial charge in [0.05, 0.1) is 3.57 Å². The van der Waals surface area contributed by atoms with E-state index < -0.39 is 6.04 Å². The number of carbonyl (C=O) groups excluding carboxylic acids is 2. The minimum atomic E-state index is -0.525. The number of halogens is 1. The molecule has 0 radical (unpaired) electrons. The van der Waals surface area contributed by atoms with Crippen molar-refractivity contribution in [1.82, 2.24) is 15.5 Å². The Hall–Kier alpha value is -1.35. The van der Waals surface area contributed by atoms with Crippen LogP contribution in [0.25, 0.3) is 0 Å². The molecule has 1 fully saturated rings. The predicted octanol–water partition coefficient (Wildman–Crippen LogP) is 0.157. The lowest BCUT2D eigenvalue weighted by Gasteiger charge is -2.35. The first-order valence-electron chi connectivity index (χ1n) is 6.26. The van der Waals surface area contributed by atoms with Crippen LogP contribution in [0.5, 0.6) is 5.75 Å². The van der Waals surface area contributed by atoms with Gasteiger partial charge >= 0.3 is 0 Å². The summed E-state index contributed by atoms with van der Waals surface area (Å²) in [6, 6.07) is 4.25. The standard InChI is InChI=1S/C13H16IN3O3/c1-15-12(19)10-7-16-4-5-17(10)13(20)8-2-3-9(14)11(18)6-8/h2-3,6,10,16,18H,4-5,7H2,1H3,(H,15,19). The Kier molecular flexibility index (Phi) is 4.81. The number of benzene rings is 1. The number of phenols is 1. The fourth-order valence-electron chi connectivity index (χ4n) is 2.16. The summed E-state index contributed by atoms with van der Waals surface area (Å²) in [7, 11) is 1.55. The number of carbonyl (C=O) groups is 2. The van der Waals surface area contributed by atoms with E-state index in [0.29, 0.717) is 28.8 Å². The molecule has 108 valence electrons. The largest absolute Gasteiger partial charge is 0.507 e. The zero-order chi connectivity index (χ0) is 14.7. The van der Waals surface area contributed by atoms with Crippen LogP contribution in [0.2, 0.25) is 0 Å². The molecule has 0 saturated carbocycles. The van der Waals surface area contributed by atoms with Crippen molar-refractivity contribution in [2.45, 2.75) is 6.04 Å². The second-order valence-corrected chi connectivity index (χ2v) is 5.66. The first-order valence-corrected chi connectivity index (χ1v) is 7.34. The molecule has 0 aromatic heterocycles. The van der Waals surface area contributed by atoms with Crippen molar-refractivity contribution in [2.75, 3.05) is 26.7 Å². The summed E-state index contributed by atoms with van der Waals surface area (Å²) < 4.78 is 0.683. The van der Waals surface area contributed by atoms with E-state index in [9.17, 15) is 14.7 Å². The lowest BCUT2D eigenvalue weighted by atomic mass is 10.1. The highest BCUT2D eigenvalue weighted by Gasteiger charge is 2.32. The molecule has 1 aromatic rings. The van der Waals surface area contributed by atoms with Crippen LogP contribution < -0.4 is 10.6 Å². The third-order valence-corrected chi connectivity index (χ3v) is 4.16. The minimum Gasteiger partial charge on any atom is -0.507 e. The molecule has 1 aliphatic rings. The first-order chi connectivity index (χ1) is 9.54. The third-order valence-electron chi connectivity index (χ3n) is 3.25. The first kappa shape index (κ1) is 15.0. The van der Waals surface area contributed by atoms with Crippen molar-refractivity contribution < 1.29 is 14.7 Å². The summed E-state index contributed by atoms with van der Waals surface area (Å²) in [5.74, 6) is -0.366. The molecule has 0 bridgehead atoms. The van der Waals surface area contributed by atoms with Gasteiger partial charge in [-0.2, -0.15) is 0 Å². The van der Waals surface area contributed by atoms with Crippen LogP contribution >= 0.6 is 22.6 Å². The molecule has 1 heterocycles. The van der Waals surface area contributed by atoms with Crippen LogP contribution in [0.3, 0.4) is 0 Å². The summed E-state index contributed by atoms with van der Waals surface area (Å²) in [6.45, 7) is 1.54. The Morgan fingerprint density at radius 3 is 2.90 bits per heavy atom. The van der Waals surface area contributed by atoms with Gasteiger partial charge < -0.3 is 20.6 Å². The molecule has 7 heteroatoms. The molecule has 1 saturated heterocycles. The van der Waals surface area contributed by atoms with Crippen LogP contribution in [0, 0.1) is 3.57 Å². The van der Waals surface area contributed by atoms with Gasteiger partial charge in [0.15, 0.2) is 0 Å². The maximum Gasteiger partial charge on any atom is 0.254 e. The average molecular weight is 389 g/mol. The van der Waals surface area contributed by atoms with Crippen LogP contribution in [-0.2, 0) is 4.79 Å². The highest BCUT2D eigenvalue weighted by atomic mass is 127. The van der Waals surface area contributed by atoms with E-state index in [1.165, 1.54) is 11.0 Å². The quantitative estimate of drug-likeness (QED) is 0.630. The Labute approximate surface area is 130 Å². The van der Waals surface area contributed by atoms with Gasteiger partial charge in [-0.05, 0) is 40.8 Å². The Balaban J connectivity index is 2.25. The number of nitrogens with zero attached hydrogens (tertiary/aromatic N) is 1. The highest BCUT2D eigenvalue weighted by Crippen LogP contribution is 2.22. The van der Waals surface area contributed by atoms with E-state index >= 15 is 0 Å². The Morgan fingerprint density at radius 2 is 2.25 bits per heavy atom. The van der Waals surface area contributed by atoms with Crippen molar-refractivity contribution in [3.8, 4) is 5.75 Å². The molecule has 0 aliphatic carbocycles. The molecular weight excluding hydrogens is 373 g/mol. The lowest BCUT2D eigenvalue weighted by Crippen LogP contribution is -2.59. The number of nitrogens with one attached hydrogen (secondary N) is 2. The maximum atomic E-state index is 12.5. The number of amides is 2. The second kappa shape index (κ2) is 6.40. The van der Waals surface area contributed by atoms with Gasteiger partial charge in [0.2, 0.25) is 5.91 Å². The number of likely N-dealkylation sites (N-methyl/N-ethyl adjacent to an activating group) is 1. The molecule has 2 rings (SSSR count). The number of rotatable bonds is 2. The smallest absolute Gasteiger partial charge is 0.254 e. The molecule has 1 atom stereocenters. The normalized spacial score (nSPS) is 18.7. The number of piperazine rings is 1. The van der Waals surface area contributed by atoms with Gasteiger partial charge in [0, 0.05) is 32.2 Å². The summed E-state index contributed by atoms with van der Waals surface area (Å²) in [6.07, 6.45) is 0. The number of hydrogen-bond donors (Lipinski definition) is 3. The van der Waals surface area contributed by atoms with E-state index in [1.807, 2.05) is 22.6 Å². The van der Waals surface area contributed by atoms with Crippen LogP contribution in [0.4, 0.5) is 0 Å². The molecule has 2 amide bonds. The Bertz CT molecular complexity index is 536. The lowest BCUT2D eigenvalue weighted by molar-refractivity contribution is -0.125. The van der Waals surface area contributed by atoms with Crippen molar-refractivity contribution in [2.24, 2.45) is 0 Å². The predicted molar refractivity (Wildman–Crippen MR) is 82.6 cm³/mol. The minimum absolute atomic E-state index is 0.0723. The fourth-order valence-corrected chi connectivity index (χ4v) is 2.50. The van der Waals surface area contributed by atoms with Crippen molar-refractivity contribution in [1.29, 1.82) is 0 Å². The van der Waals surface area contributed by atoms with E-state index in [4.69, 9.17) is 0 Å². The highest BCUT2D eigenvalue weighted by molar-refractivity contribution is 14.1. The summed E-state index contributed by atoms with van der Waals surface area (Å²) in [5.41, 5.74) is 0.388. The van der Waals surface area contributed by atoms with E-state index in [-0.39, 0.29) is 17.6 Å². The third kappa shape index (κ3) is 3.04. The van der Waals surface area contributed by atoms with E-state index in [2.05, 4.69) is 10.6 Å². The van der Waals surface area contributed by atoms with Crippen molar-refractivity contribution in [3.05, 3.63) is 27.3 Å². The van der Waals surface area contributed by atoms with Gasteiger partial charge in [-0.3, -0.25) is 9.59 Å². The van der Waals surface area contributed by atoms with Gasteiger partial charge in [-0.25, -0.2) is 0 Å². The summed E-state index contributed by atoms with van der Waals surface area (Å²) in [4.78, 5) is 25.9. The van der Waals surface area contributed by atoms with E-state index in [1.54, 1.807) is 19.2 Å². The average Bonchev–Trinajstić information content (AvgIpc) is 2.48. The number of hydrogen-bond acceptors (Lipinski definition) is 4. The molecule has 1 unspecified atom stereocenters. The van der Waals surface area contributed by atoms with Crippen LogP contribution in [0.15, 0.2) is 18.2 Å². The summed E-state index contributed by atoms with van der Waals surface area (Å²) in [5, 5.41) is 15.4. The van der Waals surface area contributed by atoms with Gasteiger partial charge in [0.1, 0.15) is 11.8 Å². The van der Waals surface area contributed by atoms with Gasteiger partial charge in [0.25, 0.3) is 5.91 Å². The van der Waals surface area contributed by atoms with Crippen LogP contribution in [0.1, 0.15) is 10.4 Å². The zero-order valence-corrected chi connectivity index (χ0v) is 13.2. The van der Waals surface area contributed by atoms with Gasteiger partial charge in [-0.1, -0.05) is 0 Å². The monoisotopic (exact) mass is 389 g/mol. The molecule has 6 nitrogen and oxygen atoms in total. The van der Waals surface area contributed by atoms with Crippen molar-refractivity contribution in [3.63, 3.8) is 0 Å². The van der Waals surface area contributed by atoms with Crippen molar-refractivity contribution >= 4 is 34.4 Å². The fraction of sp³-hybridized carbons (Fsp3) is 0.385. The molecule has 3 N–H and O–H groups in total. The number of aromatic hydroxyl groups is 1. The zero-order valence-electron chi connectivity index (χ0n) is 11.0. The second-order valence-electron chi connectivity index (χ2n) is 4.50. The Morgan fingerprint density at radius 1 is 1.50 bits per heavy atom.